The number of guanidine groups is 1. The van der Waals surface area contributed by atoms with Crippen LogP contribution in [0.5, 0.6) is 0 Å². The van der Waals surface area contributed by atoms with Crippen molar-refractivity contribution in [2.75, 3.05) is 44.9 Å². The van der Waals surface area contributed by atoms with E-state index in [1.807, 2.05) is 51.0 Å². The Morgan fingerprint density at radius 1 is 1.50 bits per heavy atom. The summed E-state index contributed by atoms with van der Waals surface area (Å²) in [6.07, 6.45) is 1.92. The number of hydrogen-bond donors (Lipinski definition) is 1. The molecule has 0 aliphatic carbocycles. The average molecular weight is 324 g/mol. The van der Waals surface area contributed by atoms with Gasteiger partial charge in [0.2, 0.25) is 5.95 Å². The first kappa shape index (κ1) is 17.0. The highest BCUT2D eigenvalue weighted by Crippen LogP contribution is 2.29. The number of thioether (sulfide) groups is 1. The first-order valence-electron chi connectivity index (χ1n) is 7.61. The highest BCUT2D eigenvalue weighted by molar-refractivity contribution is 8.00. The van der Waals surface area contributed by atoms with Crippen molar-refractivity contribution in [3.63, 3.8) is 0 Å². The summed E-state index contributed by atoms with van der Waals surface area (Å²) in [5.74, 6) is 3.08. The third kappa shape index (κ3) is 3.88. The third-order valence-corrected chi connectivity index (χ3v) is 5.12. The van der Waals surface area contributed by atoms with E-state index in [4.69, 9.17) is 0 Å². The van der Waals surface area contributed by atoms with E-state index in [2.05, 4.69) is 38.6 Å². The largest absolute Gasteiger partial charge is 0.351 e. The molecule has 0 amide bonds. The highest BCUT2D eigenvalue weighted by Gasteiger charge is 2.28. The van der Waals surface area contributed by atoms with Gasteiger partial charge in [-0.25, -0.2) is 4.98 Å². The van der Waals surface area contributed by atoms with Crippen LogP contribution in [0.2, 0.25) is 0 Å². The van der Waals surface area contributed by atoms with Crippen LogP contribution in [-0.4, -0.2) is 65.1 Å². The Kier molecular flexibility index (Phi) is 5.26. The van der Waals surface area contributed by atoms with Crippen molar-refractivity contribution < 1.29 is 0 Å². The molecule has 2 rings (SSSR count). The molecule has 1 aliphatic heterocycles. The topological polar surface area (TPSA) is 48.7 Å². The maximum absolute atomic E-state index is 4.45. The Morgan fingerprint density at radius 3 is 2.77 bits per heavy atom. The molecule has 0 bridgehead atoms. The number of nitrogens with one attached hydrogen (secondary N) is 1. The molecule has 1 aliphatic rings. The standard InChI is InChI=1S/C15H28N6S/c1-15(2)11-21(7-8-22-15)13(16-3)17-9-12-10-18-14(19(4)5)20(12)6/h10H,7-9,11H2,1-6H3,(H,16,17). The molecule has 1 N–H and O–H groups in total. The van der Waals surface area contributed by atoms with Gasteiger partial charge in [-0.1, -0.05) is 0 Å². The van der Waals surface area contributed by atoms with Crippen molar-refractivity contribution in [1.82, 2.24) is 19.8 Å². The lowest BCUT2D eigenvalue weighted by atomic mass is 10.2. The number of aromatic nitrogens is 2. The van der Waals surface area contributed by atoms with Crippen molar-refractivity contribution in [3.05, 3.63) is 11.9 Å². The van der Waals surface area contributed by atoms with Crippen LogP contribution in [0.3, 0.4) is 0 Å². The van der Waals surface area contributed by atoms with Gasteiger partial charge in [-0.3, -0.25) is 4.99 Å². The lowest BCUT2D eigenvalue weighted by molar-refractivity contribution is 0.375. The van der Waals surface area contributed by atoms with Crippen LogP contribution in [-0.2, 0) is 13.6 Å². The predicted octanol–water partition coefficient (Wildman–Crippen LogP) is 1.39. The minimum absolute atomic E-state index is 0.278. The van der Waals surface area contributed by atoms with Gasteiger partial charge in [0.25, 0.3) is 0 Å². The molecular weight excluding hydrogens is 296 g/mol. The summed E-state index contributed by atoms with van der Waals surface area (Å²) in [7, 11) is 7.91. The molecule has 0 atom stereocenters. The van der Waals surface area contributed by atoms with Gasteiger partial charge in [0.1, 0.15) is 0 Å². The second-order valence-electron chi connectivity index (χ2n) is 6.43. The molecule has 7 heteroatoms. The molecule has 1 aromatic heterocycles. The van der Waals surface area contributed by atoms with E-state index >= 15 is 0 Å². The van der Waals surface area contributed by atoms with Crippen molar-refractivity contribution >= 4 is 23.7 Å². The van der Waals surface area contributed by atoms with Crippen molar-refractivity contribution in [2.24, 2.45) is 12.0 Å². The summed E-state index contributed by atoms with van der Waals surface area (Å²) in [5, 5.41) is 3.47. The first-order valence-corrected chi connectivity index (χ1v) is 8.60. The van der Waals surface area contributed by atoms with Gasteiger partial charge in [-0.15, -0.1) is 0 Å². The van der Waals surface area contributed by atoms with E-state index in [1.54, 1.807) is 0 Å². The molecule has 124 valence electrons. The predicted molar refractivity (Wildman–Crippen MR) is 95.8 cm³/mol. The van der Waals surface area contributed by atoms with E-state index in [-0.39, 0.29) is 4.75 Å². The maximum Gasteiger partial charge on any atom is 0.204 e. The zero-order valence-corrected chi connectivity index (χ0v) is 15.4. The molecule has 1 aromatic rings. The van der Waals surface area contributed by atoms with Gasteiger partial charge in [0.15, 0.2) is 5.96 Å². The quantitative estimate of drug-likeness (QED) is 0.672. The zero-order valence-electron chi connectivity index (χ0n) is 14.6. The lowest BCUT2D eigenvalue weighted by Gasteiger charge is -2.39. The minimum atomic E-state index is 0.278. The van der Waals surface area contributed by atoms with Crippen LogP contribution in [0.25, 0.3) is 0 Å². The van der Waals surface area contributed by atoms with Crippen molar-refractivity contribution in [2.45, 2.75) is 25.1 Å². The molecule has 0 unspecified atom stereocenters. The Labute approximate surface area is 138 Å². The highest BCUT2D eigenvalue weighted by atomic mass is 32.2. The van der Waals surface area contributed by atoms with Gasteiger partial charge in [0, 0.05) is 51.8 Å². The smallest absolute Gasteiger partial charge is 0.204 e. The van der Waals surface area contributed by atoms with Crippen LogP contribution in [0.1, 0.15) is 19.5 Å². The third-order valence-electron chi connectivity index (χ3n) is 3.82. The zero-order chi connectivity index (χ0) is 16.3. The van der Waals surface area contributed by atoms with E-state index in [0.717, 1.165) is 43.0 Å². The van der Waals surface area contributed by atoms with Gasteiger partial charge in [-0.2, -0.15) is 11.8 Å². The molecule has 2 heterocycles. The summed E-state index contributed by atoms with van der Waals surface area (Å²) in [6.45, 7) is 7.38. The number of rotatable bonds is 3. The molecular formula is C15H28N6S. The van der Waals surface area contributed by atoms with Crippen LogP contribution < -0.4 is 10.2 Å². The lowest BCUT2D eigenvalue weighted by Crippen LogP contribution is -2.50. The Balaban J connectivity index is 2.00. The molecule has 6 nitrogen and oxygen atoms in total. The van der Waals surface area contributed by atoms with Gasteiger partial charge < -0.3 is 19.7 Å². The maximum atomic E-state index is 4.45. The van der Waals surface area contributed by atoms with E-state index in [1.165, 1.54) is 0 Å². The first-order chi connectivity index (χ1) is 10.3. The fourth-order valence-electron chi connectivity index (χ4n) is 2.71. The number of imidazole rings is 1. The summed E-state index contributed by atoms with van der Waals surface area (Å²) in [6, 6.07) is 0. The molecule has 0 saturated carbocycles. The number of anilines is 1. The van der Waals surface area contributed by atoms with Crippen LogP contribution in [0.4, 0.5) is 5.95 Å². The minimum Gasteiger partial charge on any atom is -0.351 e. The fraction of sp³-hybridized carbons (Fsp3) is 0.733. The normalized spacial score (nSPS) is 18.5. The molecule has 0 aromatic carbocycles. The number of nitrogens with zero attached hydrogens (tertiary/aromatic N) is 5. The molecule has 0 spiro atoms. The van der Waals surface area contributed by atoms with Crippen LogP contribution >= 0.6 is 11.8 Å². The Bertz CT molecular complexity index is 534. The van der Waals surface area contributed by atoms with Gasteiger partial charge in [0.05, 0.1) is 18.4 Å². The average Bonchev–Trinajstić information content (AvgIpc) is 2.80. The monoisotopic (exact) mass is 324 g/mol. The molecule has 1 saturated heterocycles. The van der Waals surface area contributed by atoms with E-state index in [9.17, 15) is 0 Å². The Hall–Kier alpha value is -1.37. The van der Waals surface area contributed by atoms with Crippen LogP contribution in [0, 0.1) is 0 Å². The van der Waals surface area contributed by atoms with Crippen LogP contribution in [0.15, 0.2) is 11.2 Å². The van der Waals surface area contributed by atoms with Gasteiger partial charge >= 0.3 is 0 Å². The number of aliphatic imine (C=N–C) groups is 1. The second kappa shape index (κ2) is 6.81. The van der Waals surface area contributed by atoms with E-state index in [0.29, 0.717) is 0 Å². The fourth-order valence-corrected chi connectivity index (χ4v) is 3.82. The Morgan fingerprint density at radius 2 is 2.23 bits per heavy atom. The van der Waals surface area contributed by atoms with Crippen molar-refractivity contribution in [3.8, 4) is 0 Å². The molecule has 1 fully saturated rings. The SMILES string of the molecule is CN=C(NCc1cnc(N(C)C)n1C)N1CCSC(C)(C)C1. The molecule has 0 radical (unpaired) electrons. The summed E-state index contributed by atoms with van der Waals surface area (Å²) < 4.78 is 2.39. The second-order valence-corrected chi connectivity index (χ2v) is 8.24. The van der Waals surface area contributed by atoms with E-state index < -0.39 is 0 Å². The summed E-state index contributed by atoms with van der Waals surface area (Å²) >= 11 is 2.03. The summed E-state index contributed by atoms with van der Waals surface area (Å²) in [4.78, 5) is 13.3. The molecule has 22 heavy (non-hydrogen) atoms. The van der Waals surface area contributed by atoms with Gasteiger partial charge in [-0.05, 0) is 13.8 Å². The summed E-state index contributed by atoms with van der Waals surface area (Å²) in [5.41, 5.74) is 1.15. The number of hydrogen-bond acceptors (Lipinski definition) is 4. The van der Waals surface area contributed by atoms with Crippen molar-refractivity contribution in [1.29, 1.82) is 0 Å².